The summed E-state index contributed by atoms with van der Waals surface area (Å²) in [5.74, 6) is -4.31. The van der Waals surface area contributed by atoms with Crippen LogP contribution < -0.4 is 0 Å². The molecule has 8 nitrogen and oxygen atoms in total. The van der Waals surface area contributed by atoms with Gasteiger partial charge in [0.1, 0.15) is 0 Å². The molecule has 0 aliphatic carbocycles. The van der Waals surface area contributed by atoms with E-state index in [0.29, 0.717) is 0 Å². The summed E-state index contributed by atoms with van der Waals surface area (Å²) in [6, 6.07) is 0. The molecule has 0 unspecified atom stereocenters. The molecule has 0 aliphatic rings. The molecule has 9 heteroatoms. The van der Waals surface area contributed by atoms with Crippen LogP contribution in [0.2, 0.25) is 0 Å². The quantitative estimate of drug-likeness (QED) is 0.455. The third kappa shape index (κ3) is 31.4. The molecule has 93 valence electrons. The Kier molecular flexibility index (Phi) is 15.4. The fourth-order valence-corrected chi connectivity index (χ4v) is 0.428. The van der Waals surface area contributed by atoms with Crippen LogP contribution >= 0.6 is 0 Å². The van der Waals surface area contributed by atoms with E-state index in [2.05, 4.69) is 0 Å². The first kappa shape index (κ1) is 20.8. The molecule has 0 fully saturated rings. The zero-order chi connectivity index (χ0) is 13.1. The second-order valence-corrected chi connectivity index (χ2v) is 2.57. The van der Waals surface area contributed by atoms with Crippen LogP contribution in [0.4, 0.5) is 0 Å². The van der Waals surface area contributed by atoms with Crippen molar-refractivity contribution in [3.8, 4) is 0 Å². The Morgan fingerprint density at radius 1 is 0.529 bits per heavy atom. The van der Waals surface area contributed by atoms with Crippen LogP contribution in [0.1, 0.15) is 25.7 Å². The molecular weight excluding hydrogens is 231 g/mol. The maximum atomic E-state index is 9.64. The molecule has 0 aromatic carbocycles. The average Bonchev–Trinajstić information content (AvgIpc) is 2.12. The van der Waals surface area contributed by atoms with Crippen molar-refractivity contribution in [1.82, 2.24) is 0 Å². The van der Waals surface area contributed by atoms with Crippen molar-refractivity contribution in [2.75, 3.05) is 0 Å². The third-order valence-corrected chi connectivity index (χ3v) is 1.11. The van der Waals surface area contributed by atoms with Crippen molar-refractivity contribution in [3.63, 3.8) is 0 Å². The Morgan fingerprint density at radius 2 is 0.647 bits per heavy atom. The van der Waals surface area contributed by atoms with Gasteiger partial charge in [-0.1, -0.05) is 0 Å². The second-order valence-electron chi connectivity index (χ2n) is 2.57. The van der Waals surface area contributed by atoms with Crippen LogP contribution in [-0.2, 0) is 19.2 Å². The van der Waals surface area contributed by atoms with E-state index in [1.165, 1.54) is 0 Å². The molecular formula is C8H12LiO8. The molecule has 1 radical (unpaired) electrons. The van der Waals surface area contributed by atoms with Gasteiger partial charge in [0, 0.05) is 18.9 Å². The maximum absolute atomic E-state index is 9.64. The monoisotopic (exact) mass is 243 g/mol. The minimum Gasteiger partial charge on any atom is -0.481 e. The van der Waals surface area contributed by atoms with Gasteiger partial charge in [0.25, 0.3) is 0 Å². The predicted molar refractivity (Wildman–Crippen MR) is 54.8 cm³/mol. The summed E-state index contributed by atoms with van der Waals surface area (Å²) in [7, 11) is 0. The third-order valence-electron chi connectivity index (χ3n) is 1.11. The summed E-state index contributed by atoms with van der Waals surface area (Å²) in [6.07, 6.45) is -1.19. The van der Waals surface area contributed by atoms with Crippen LogP contribution in [0.25, 0.3) is 0 Å². The fraction of sp³-hybridized carbons (Fsp3) is 0.500. The molecule has 4 N–H and O–H groups in total. The number of hydrogen-bond acceptors (Lipinski definition) is 4. The van der Waals surface area contributed by atoms with Crippen molar-refractivity contribution in [1.29, 1.82) is 0 Å². The van der Waals surface area contributed by atoms with E-state index < -0.39 is 23.9 Å². The van der Waals surface area contributed by atoms with E-state index in [4.69, 9.17) is 20.4 Å². The van der Waals surface area contributed by atoms with E-state index in [0.717, 1.165) is 0 Å². The van der Waals surface area contributed by atoms with Gasteiger partial charge in [0.15, 0.2) is 0 Å². The Balaban J connectivity index is -0.000000218. The van der Waals surface area contributed by atoms with Gasteiger partial charge in [-0.2, -0.15) is 0 Å². The second kappa shape index (κ2) is 12.5. The number of rotatable bonds is 6. The van der Waals surface area contributed by atoms with Gasteiger partial charge in [-0.3, -0.25) is 19.2 Å². The Bertz CT molecular complexity index is 219. The van der Waals surface area contributed by atoms with Crippen molar-refractivity contribution in [2.24, 2.45) is 0 Å². The SMILES string of the molecule is O=C(O)CCC(=O)O.O=C(O)CCC(=O)O.[Li]. The Hall–Kier alpha value is -1.52. The molecule has 0 amide bonds. The van der Waals surface area contributed by atoms with E-state index in [1.807, 2.05) is 0 Å². The topological polar surface area (TPSA) is 149 Å². The summed E-state index contributed by atoms with van der Waals surface area (Å²) >= 11 is 0. The molecule has 0 heterocycles. The van der Waals surface area contributed by atoms with Gasteiger partial charge in [-0.25, -0.2) is 0 Å². The summed E-state index contributed by atoms with van der Waals surface area (Å²) < 4.78 is 0. The summed E-state index contributed by atoms with van der Waals surface area (Å²) in [5, 5.41) is 31.6. The molecule has 0 atom stereocenters. The maximum Gasteiger partial charge on any atom is 0.303 e. The molecule has 0 saturated carbocycles. The molecule has 0 aromatic rings. The van der Waals surface area contributed by atoms with Crippen LogP contribution in [0.15, 0.2) is 0 Å². The number of carboxylic acid groups (broad SMARTS) is 4. The fourth-order valence-electron chi connectivity index (χ4n) is 0.428. The zero-order valence-electron chi connectivity index (χ0n) is 9.25. The number of carbonyl (C=O) groups is 4. The number of hydrogen-bond donors (Lipinski definition) is 4. The van der Waals surface area contributed by atoms with Crippen LogP contribution in [0.3, 0.4) is 0 Å². The Morgan fingerprint density at radius 3 is 0.706 bits per heavy atom. The molecule has 0 rings (SSSR count). The number of aliphatic carboxylic acids is 4. The van der Waals surface area contributed by atoms with Gasteiger partial charge in [0.2, 0.25) is 0 Å². The summed E-state index contributed by atoms with van der Waals surface area (Å²) in [5.41, 5.74) is 0. The molecule has 17 heavy (non-hydrogen) atoms. The van der Waals surface area contributed by atoms with Crippen molar-refractivity contribution in [3.05, 3.63) is 0 Å². The predicted octanol–water partition coefficient (Wildman–Crippen LogP) is -0.509. The first-order valence-corrected chi connectivity index (χ1v) is 4.13. The summed E-state index contributed by atoms with van der Waals surface area (Å²) in [6.45, 7) is 0. The normalized spacial score (nSPS) is 8.00. The molecule has 0 aromatic heterocycles. The first-order valence-electron chi connectivity index (χ1n) is 4.13. The van der Waals surface area contributed by atoms with E-state index >= 15 is 0 Å². The van der Waals surface area contributed by atoms with Crippen LogP contribution in [-0.4, -0.2) is 63.2 Å². The van der Waals surface area contributed by atoms with Crippen LogP contribution in [0.5, 0.6) is 0 Å². The van der Waals surface area contributed by atoms with Gasteiger partial charge in [0.05, 0.1) is 25.7 Å². The molecule has 0 bridgehead atoms. The first-order chi connectivity index (χ1) is 7.25. The average molecular weight is 243 g/mol. The molecule has 0 saturated heterocycles. The van der Waals surface area contributed by atoms with Crippen LogP contribution in [0, 0.1) is 0 Å². The van der Waals surface area contributed by atoms with Gasteiger partial charge < -0.3 is 20.4 Å². The van der Waals surface area contributed by atoms with Crippen molar-refractivity contribution in [2.45, 2.75) is 25.7 Å². The number of carboxylic acids is 4. The van der Waals surface area contributed by atoms with E-state index in [-0.39, 0.29) is 44.5 Å². The zero-order valence-corrected chi connectivity index (χ0v) is 9.25. The van der Waals surface area contributed by atoms with Gasteiger partial charge in [-0.15, -0.1) is 0 Å². The molecule has 0 aliphatic heterocycles. The minimum atomic E-state index is -1.08. The minimum absolute atomic E-state index is 0. The van der Waals surface area contributed by atoms with Crippen molar-refractivity contribution < 1.29 is 39.6 Å². The van der Waals surface area contributed by atoms with E-state index in [9.17, 15) is 19.2 Å². The van der Waals surface area contributed by atoms with Gasteiger partial charge >= 0.3 is 23.9 Å². The van der Waals surface area contributed by atoms with Gasteiger partial charge in [-0.05, 0) is 0 Å². The van der Waals surface area contributed by atoms with E-state index in [1.54, 1.807) is 0 Å². The largest absolute Gasteiger partial charge is 0.481 e. The summed E-state index contributed by atoms with van der Waals surface area (Å²) in [4.78, 5) is 38.6. The molecule has 0 spiro atoms. The Labute approximate surface area is 108 Å². The standard InChI is InChI=1S/2C4H6O4.Li/c2*5-3(6)1-2-4(7)8;/h2*1-2H2,(H,5,6)(H,7,8);. The van der Waals surface area contributed by atoms with Crippen molar-refractivity contribution >= 4 is 42.7 Å². The smallest absolute Gasteiger partial charge is 0.303 e.